The average Bonchev–Trinajstić information content (AvgIpc) is 3.02. The highest BCUT2D eigenvalue weighted by atomic mass is 16.2. The number of amides is 2. The highest BCUT2D eigenvalue weighted by Gasteiger charge is 2.28. The summed E-state index contributed by atoms with van der Waals surface area (Å²) in [6.45, 7) is 11.5. The Morgan fingerprint density at radius 2 is 2.12 bits per heavy atom. The van der Waals surface area contributed by atoms with Crippen molar-refractivity contribution in [1.29, 1.82) is 0 Å². The first-order chi connectivity index (χ1) is 11.4. The van der Waals surface area contributed by atoms with Crippen molar-refractivity contribution in [2.45, 2.75) is 39.3 Å². The number of aromatic nitrogens is 1. The zero-order valence-corrected chi connectivity index (χ0v) is 14.6. The van der Waals surface area contributed by atoms with Crippen LogP contribution in [-0.4, -0.2) is 22.5 Å². The molecule has 2 aromatic rings. The molecule has 4 heteroatoms. The van der Waals surface area contributed by atoms with Gasteiger partial charge >= 0.3 is 6.03 Å². The van der Waals surface area contributed by atoms with Crippen LogP contribution in [0.2, 0.25) is 0 Å². The molecule has 0 saturated carbocycles. The van der Waals surface area contributed by atoms with Gasteiger partial charge in [0.25, 0.3) is 0 Å². The van der Waals surface area contributed by atoms with Crippen LogP contribution in [0.3, 0.4) is 0 Å². The smallest absolute Gasteiger partial charge is 0.318 e. The summed E-state index contributed by atoms with van der Waals surface area (Å²) in [5, 5.41) is 3.18. The van der Waals surface area contributed by atoms with Crippen LogP contribution in [-0.2, 0) is 18.5 Å². The molecular weight excluding hydrogens is 298 g/mol. The number of rotatable bonds is 3. The maximum atomic E-state index is 12.7. The summed E-state index contributed by atoms with van der Waals surface area (Å²) in [6, 6.07) is 10.2. The van der Waals surface area contributed by atoms with E-state index in [1.807, 2.05) is 50.1 Å². The molecule has 3 rings (SSSR count). The van der Waals surface area contributed by atoms with Gasteiger partial charge in [-0.2, -0.15) is 0 Å². The van der Waals surface area contributed by atoms with E-state index in [9.17, 15) is 4.79 Å². The molecule has 4 nitrogen and oxygen atoms in total. The minimum atomic E-state index is -0.443. The molecule has 0 unspecified atom stereocenters. The predicted octanol–water partition coefficient (Wildman–Crippen LogP) is 4.05. The van der Waals surface area contributed by atoms with Gasteiger partial charge in [-0.3, -0.25) is 0 Å². The number of hydrogen-bond donors (Lipinski definition) is 2. The number of allylic oxidation sites excluding steroid dienone is 1. The van der Waals surface area contributed by atoms with Gasteiger partial charge in [-0.15, -0.1) is 0 Å². The van der Waals surface area contributed by atoms with Crippen LogP contribution in [0.1, 0.15) is 43.2 Å². The summed E-state index contributed by atoms with van der Waals surface area (Å²) in [4.78, 5) is 17.8. The summed E-state index contributed by atoms with van der Waals surface area (Å²) >= 11 is 0. The fraction of sp³-hybridized carbons (Fsp3) is 0.350. The maximum absolute atomic E-state index is 12.7. The van der Waals surface area contributed by atoms with Crippen molar-refractivity contribution in [3.05, 3.63) is 65.5 Å². The zero-order chi connectivity index (χ0) is 17.3. The third-order valence-corrected chi connectivity index (χ3v) is 4.71. The van der Waals surface area contributed by atoms with Gasteiger partial charge in [0.1, 0.15) is 0 Å². The van der Waals surface area contributed by atoms with Gasteiger partial charge < -0.3 is 15.2 Å². The van der Waals surface area contributed by atoms with Gasteiger partial charge in [-0.05, 0) is 49.6 Å². The molecule has 0 radical (unpaired) electrons. The van der Waals surface area contributed by atoms with E-state index in [0.29, 0.717) is 6.54 Å². The molecular formula is C20H25N3O. The summed E-state index contributed by atoms with van der Waals surface area (Å²) in [5.74, 6) is 0. The van der Waals surface area contributed by atoms with Crippen molar-refractivity contribution >= 4 is 11.6 Å². The number of nitrogens with zero attached hydrogens (tertiary/aromatic N) is 1. The Hall–Kier alpha value is -2.49. The van der Waals surface area contributed by atoms with Crippen LogP contribution in [0.4, 0.5) is 4.79 Å². The van der Waals surface area contributed by atoms with E-state index in [0.717, 1.165) is 29.7 Å². The van der Waals surface area contributed by atoms with Gasteiger partial charge in [0, 0.05) is 31.4 Å². The zero-order valence-electron chi connectivity index (χ0n) is 14.6. The molecule has 0 saturated heterocycles. The second-order valence-corrected chi connectivity index (χ2v) is 7.07. The lowest BCUT2D eigenvalue weighted by molar-refractivity contribution is 0.181. The lowest BCUT2D eigenvalue weighted by Gasteiger charge is -2.33. The first kappa shape index (κ1) is 16.4. The Labute approximate surface area is 143 Å². The molecule has 1 aromatic heterocycles. The molecule has 1 aromatic carbocycles. The van der Waals surface area contributed by atoms with Crippen LogP contribution in [0.5, 0.6) is 0 Å². The number of aromatic amines is 1. The number of fused-ring (bicyclic) bond motifs is 1. The van der Waals surface area contributed by atoms with Gasteiger partial charge in [0.15, 0.2) is 0 Å². The monoisotopic (exact) mass is 323 g/mol. The first-order valence-electron chi connectivity index (χ1n) is 8.35. The number of carbonyl (C=O) groups excluding carboxylic acids is 1. The Morgan fingerprint density at radius 3 is 2.88 bits per heavy atom. The van der Waals surface area contributed by atoms with Crippen molar-refractivity contribution < 1.29 is 4.79 Å². The number of benzene rings is 1. The number of hydrogen-bond acceptors (Lipinski definition) is 1. The largest absolute Gasteiger partial charge is 0.365 e. The average molecular weight is 323 g/mol. The Bertz CT molecular complexity index is 773. The minimum absolute atomic E-state index is 0.0208. The van der Waals surface area contributed by atoms with Crippen LogP contribution in [0, 0.1) is 0 Å². The third-order valence-electron chi connectivity index (χ3n) is 4.71. The molecule has 0 atom stereocenters. The van der Waals surface area contributed by atoms with Crippen LogP contribution in [0.25, 0.3) is 5.57 Å². The quantitative estimate of drug-likeness (QED) is 0.879. The number of nitrogens with one attached hydrogen (secondary N) is 2. The molecule has 0 spiro atoms. The second kappa shape index (κ2) is 6.19. The number of H-pyrrole nitrogens is 1. The molecule has 2 heterocycles. The van der Waals surface area contributed by atoms with E-state index in [4.69, 9.17) is 0 Å². The van der Waals surface area contributed by atoms with Gasteiger partial charge in [0.2, 0.25) is 0 Å². The van der Waals surface area contributed by atoms with E-state index < -0.39 is 5.54 Å². The molecule has 126 valence electrons. The highest BCUT2D eigenvalue weighted by Crippen LogP contribution is 2.25. The standard InChI is InChI=1S/C20H25N3O/c1-14(2)15-6-5-7-17(12-15)20(3,4)22-19(24)23-11-9-18-16(13-23)8-10-21-18/h5-8,10,12,21H,1,9,11,13H2,2-4H3,(H,22,24). The van der Waals surface area contributed by atoms with E-state index in [-0.39, 0.29) is 6.03 Å². The molecule has 0 bridgehead atoms. The number of carbonyl (C=O) groups is 1. The van der Waals surface area contributed by atoms with Crippen molar-refractivity contribution in [3.63, 3.8) is 0 Å². The number of urea groups is 1. The molecule has 2 amide bonds. The van der Waals surface area contributed by atoms with Crippen molar-refractivity contribution in [2.24, 2.45) is 0 Å². The Kier molecular flexibility index (Phi) is 4.22. The van der Waals surface area contributed by atoms with Crippen molar-refractivity contribution in [3.8, 4) is 0 Å². The predicted molar refractivity (Wildman–Crippen MR) is 97.6 cm³/mol. The van der Waals surface area contributed by atoms with Gasteiger partial charge in [0.05, 0.1) is 5.54 Å². The summed E-state index contributed by atoms with van der Waals surface area (Å²) in [6.07, 6.45) is 2.82. The maximum Gasteiger partial charge on any atom is 0.318 e. The molecule has 24 heavy (non-hydrogen) atoms. The molecule has 0 aliphatic carbocycles. The lowest BCUT2D eigenvalue weighted by atomic mass is 9.91. The lowest BCUT2D eigenvalue weighted by Crippen LogP contribution is -2.49. The summed E-state index contributed by atoms with van der Waals surface area (Å²) in [5.41, 5.74) is 5.21. The topological polar surface area (TPSA) is 48.1 Å². The first-order valence-corrected chi connectivity index (χ1v) is 8.35. The van der Waals surface area contributed by atoms with Gasteiger partial charge in [-0.25, -0.2) is 4.79 Å². The van der Waals surface area contributed by atoms with E-state index in [2.05, 4.69) is 29.0 Å². The fourth-order valence-corrected chi connectivity index (χ4v) is 3.11. The van der Waals surface area contributed by atoms with E-state index in [1.54, 1.807) is 0 Å². The van der Waals surface area contributed by atoms with Crippen LogP contribution >= 0.6 is 0 Å². The SMILES string of the molecule is C=C(C)c1cccc(C(C)(C)NC(=O)N2CCc3[nH]ccc3C2)c1. The van der Waals surface area contributed by atoms with Crippen LogP contribution < -0.4 is 5.32 Å². The summed E-state index contributed by atoms with van der Waals surface area (Å²) < 4.78 is 0. The van der Waals surface area contributed by atoms with E-state index in [1.165, 1.54) is 11.3 Å². The van der Waals surface area contributed by atoms with E-state index >= 15 is 0 Å². The highest BCUT2D eigenvalue weighted by molar-refractivity contribution is 5.75. The van der Waals surface area contributed by atoms with Crippen molar-refractivity contribution in [2.75, 3.05) is 6.54 Å². The Morgan fingerprint density at radius 1 is 1.33 bits per heavy atom. The minimum Gasteiger partial charge on any atom is -0.365 e. The molecule has 0 fully saturated rings. The molecule has 1 aliphatic rings. The van der Waals surface area contributed by atoms with Crippen molar-refractivity contribution in [1.82, 2.24) is 15.2 Å². The normalized spacial score (nSPS) is 14.2. The van der Waals surface area contributed by atoms with Gasteiger partial charge in [-0.1, -0.05) is 30.4 Å². The fourth-order valence-electron chi connectivity index (χ4n) is 3.11. The molecule has 2 N–H and O–H groups in total. The second-order valence-electron chi connectivity index (χ2n) is 7.07. The van der Waals surface area contributed by atoms with Crippen LogP contribution in [0.15, 0.2) is 43.1 Å². The molecule has 1 aliphatic heterocycles. The Balaban J connectivity index is 1.73. The summed E-state index contributed by atoms with van der Waals surface area (Å²) in [7, 11) is 0. The third kappa shape index (κ3) is 3.23.